The van der Waals surface area contributed by atoms with Crippen molar-refractivity contribution < 1.29 is 9.59 Å². The van der Waals surface area contributed by atoms with Gasteiger partial charge < -0.3 is 10.2 Å². The van der Waals surface area contributed by atoms with E-state index in [1.165, 1.54) is 0 Å². The minimum absolute atomic E-state index is 0.0194. The molecule has 1 N–H and O–H groups in total. The van der Waals surface area contributed by atoms with Gasteiger partial charge >= 0.3 is 0 Å². The van der Waals surface area contributed by atoms with Crippen LogP contribution in [0.3, 0.4) is 0 Å². The number of carbonyl (C=O) groups is 2. The van der Waals surface area contributed by atoms with E-state index < -0.39 is 6.04 Å². The molecule has 0 bridgehead atoms. The van der Waals surface area contributed by atoms with Crippen LogP contribution in [0.2, 0.25) is 0 Å². The molecule has 1 aliphatic heterocycles. The molecule has 2 fully saturated rings. The van der Waals surface area contributed by atoms with E-state index in [-0.39, 0.29) is 29.3 Å². The van der Waals surface area contributed by atoms with Gasteiger partial charge in [0.2, 0.25) is 11.8 Å². The van der Waals surface area contributed by atoms with E-state index >= 15 is 0 Å². The zero-order valence-electron chi connectivity index (χ0n) is 12.0. The van der Waals surface area contributed by atoms with Gasteiger partial charge in [-0.05, 0) is 31.1 Å². The largest absolute Gasteiger partial charge is 0.342 e. The topological polar surface area (TPSA) is 49.4 Å². The number of nitrogens with one attached hydrogen (secondary N) is 1. The maximum Gasteiger partial charge on any atom is 0.246 e. The van der Waals surface area contributed by atoms with Crippen molar-refractivity contribution in [2.75, 3.05) is 0 Å². The molecule has 1 saturated carbocycles. The number of hydrogen-bond acceptors (Lipinski definition) is 2. The third-order valence-electron chi connectivity index (χ3n) is 4.19. The van der Waals surface area contributed by atoms with Gasteiger partial charge in [0.25, 0.3) is 0 Å². The Morgan fingerprint density at radius 1 is 1.17 bits per heavy atom. The standard InChI is InChI=1S/C14H24N2O2/c1-8-6-10(7-8)16-9(2)12(17)15-11(13(16)18)14(3,4)5/h8-11H,6-7H2,1-5H3,(H,15,17). The smallest absolute Gasteiger partial charge is 0.246 e. The van der Waals surface area contributed by atoms with Crippen LogP contribution in [0.1, 0.15) is 47.5 Å². The van der Waals surface area contributed by atoms with Gasteiger partial charge in [-0.3, -0.25) is 9.59 Å². The fraction of sp³-hybridized carbons (Fsp3) is 0.857. The minimum atomic E-state index is -0.392. The van der Waals surface area contributed by atoms with Gasteiger partial charge in [-0.15, -0.1) is 0 Å². The number of amides is 2. The summed E-state index contributed by atoms with van der Waals surface area (Å²) >= 11 is 0. The highest BCUT2D eigenvalue weighted by atomic mass is 16.2. The van der Waals surface area contributed by atoms with Crippen molar-refractivity contribution in [1.82, 2.24) is 10.2 Å². The van der Waals surface area contributed by atoms with Crippen molar-refractivity contribution in [3.63, 3.8) is 0 Å². The summed E-state index contributed by atoms with van der Waals surface area (Å²) in [5, 5.41) is 2.87. The predicted octanol–water partition coefficient (Wildman–Crippen LogP) is 1.55. The monoisotopic (exact) mass is 252 g/mol. The Morgan fingerprint density at radius 3 is 2.17 bits per heavy atom. The average molecular weight is 252 g/mol. The maximum absolute atomic E-state index is 12.6. The van der Waals surface area contributed by atoms with Gasteiger partial charge in [0.1, 0.15) is 12.1 Å². The molecule has 2 aliphatic rings. The molecule has 4 nitrogen and oxygen atoms in total. The summed E-state index contributed by atoms with van der Waals surface area (Å²) < 4.78 is 0. The van der Waals surface area contributed by atoms with Crippen molar-refractivity contribution in [2.24, 2.45) is 11.3 Å². The lowest BCUT2D eigenvalue weighted by molar-refractivity contribution is -0.157. The first-order chi connectivity index (χ1) is 8.21. The van der Waals surface area contributed by atoms with E-state index in [1.807, 2.05) is 32.6 Å². The summed E-state index contributed by atoms with van der Waals surface area (Å²) in [6.07, 6.45) is 2.06. The van der Waals surface area contributed by atoms with Gasteiger partial charge in [-0.1, -0.05) is 27.7 Å². The second kappa shape index (κ2) is 4.25. The highest BCUT2D eigenvalue weighted by Crippen LogP contribution is 2.35. The maximum atomic E-state index is 12.6. The van der Waals surface area contributed by atoms with Crippen molar-refractivity contribution in [3.8, 4) is 0 Å². The van der Waals surface area contributed by atoms with E-state index in [1.54, 1.807) is 0 Å². The third kappa shape index (κ3) is 2.13. The number of nitrogens with zero attached hydrogens (tertiary/aromatic N) is 1. The molecule has 2 amide bonds. The van der Waals surface area contributed by atoms with E-state index in [0.717, 1.165) is 12.8 Å². The van der Waals surface area contributed by atoms with Crippen LogP contribution in [0.5, 0.6) is 0 Å². The SMILES string of the molecule is CC1CC(N2C(=O)C(C(C)(C)C)NC(=O)C2C)C1. The zero-order chi connectivity index (χ0) is 13.7. The van der Waals surface area contributed by atoms with Gasteiger partial charge in [0.15, 0.2) is 0 Å². The lowest BCUT2D eigenvalue weighted by Crippen LogP contribution is -2.69. The molecule has 2 atom stereocenters. The van der Waals surface area contributed by atoms with Gasteiger partial charge in [0, 0.05) is 6.04 Å². The molecule has 1 saturated heterocycles. The molecule has 0 aromatic rings. The normalized spacial score (nSPS) is 37.3. The van der Waals surface area contributed by atoms with Crippen molar-refractivity contribution in [1.29, 1.82) is 0 Å². The molecule has 2 unspecified atom stereocenters. The van der Waals surface area contributed by atoms with Gasteiger partial charge in [0.05, 0.1) is 0 Å². The molecule has 0 aromatic carbocycles. The highest BCUT2D eigenvalue weighted by molar-refractivity contribution is 5.97. The fourth-order valence-electron chi connectivity index (χ4n) is 2.96. The molecule has 0 spiro atoms. The van der Waals surface area contributed by atoms with Crippen LogP contribution >= 0.6 is 0 Å². The van der Waals surface area contributed by atoms with E-state index in [2.05, 4.69) is 12.2 Å². The summed E-state index contributed by atoms with van der Waals surface area (Å²) in [6.45, 7) is 10.0. The molecule has 102 valence electrons. The van der Waals surface area contributed by atoms with Crippen LogP contribution in [0.4, 0.5) is 0 Å². The minimum Gasteiger partial charge on any atom is -0.342 e. The lowest BCUT2D eigenvalue weighted by Gasteiger charge is -2.49. The van der Waals surface area contributed by atoms with Gasteiger partial charge in [-0.25, -0.2) is 0 Å². The van der Waals surface area contributed by atoms with E-state index in [9.17, 15) is 9.59 Å². The summed E-state index contributed by atoms with van der Waals surface area (Å²) in [7, 11) is 0. The van der Waals surface area contributed by atoms with Crippen LogP contribution in [-0.4, -0.2) is 34.8 Å². The third-order valence-corrected chi connectivity index (χ3v) is 4.19. The molecular formula is C14H24N2O2. The van der Waals surface area contributed by atoms with Crippen LogP contribution in [0, 0.1) is 11.3 Å². The lowest BCUT2D eigenvalue weighted by atomic mass is 9.77. The molecular weight excluding hydrogens is 228 g/mol. The summed E-state index contributed by atoms with van der Waals surface area (Å²) in [6, 6.07) is -0.455. The Labute approximate surface area is 109 Å². The molecule has 2 rings (SSSR count). The molecule has 18 heavy (non-hydrogen) atoms. The Morgan fingerprint density at radius 2 is 1.72 bits per heavy atom. The van der Waals surface area contributed by atoms with Crippen LogP contribution in [0.15, 0.2) is 0 Å². The highest BCUT2D eigenvalue weighted by Gasteiger charge is 2.47. The molecule has 1 aliphatic carbocycles. The Bertz CT molecular complexity index is 366. The first-order valence-electron chi connectivity index (χ1n) is 6.84. The van der Waals surface area contributed by atoms with Crippen LogP contribution in [0.25, 0.3) is 0 Å². The Balaban J connectivity index is 2.21. The Kier molecular flexibility index (Phi) is 3.16. The number of hydrogen-bond donors (Lipinski definition) is 1. The second-order valence-corrected chi connectivity index (χ2v) is 6.96. The van der Waals surface area contributed by atoms with E-state index in [4.69, 9.17) is 0 Å². The van der Waals surface area contributed by atoms with Crippen molar-refractivity contribution >= 4 is 11.8 Å². The summed E-state index contributed by atoms with van der Waals surface area (Å²) in [5.74, 6) is 0.744. The van der Waals surface area contributed by atoms with Crippen LogP contribution in [-0.2, 0) is 9.59 Å². The van der Waals surface area contributed by atoms with Crippen molar-refractivity contribution in [2.45, 2.75) is 65.6 Å². The van der Waals surface area contributed by atoms with Gasteiger partial charge in [-0.2, -0.15) is 0 Å². The van der Waals surface area contributed by atoms with E-state index in [0.29, 0.717) is 5.92 Å². The van der Waals surface area contributed by atoms with Crippen molar-refractivity contribution in [3.05, 3.63) is 0 Å². The summed E-state index contributed by atoms with van der Waals surface area (Å²) in [4.78, 5) is 26.4. The predicted molar refractivity (Wildman–Crippen MR) is 69.9 cm³/mol. The molecule has 0 radical (unpaired) electrons. The molecule has 1 heterocycles. The second-order valence-electron chi connectivity index (χ2n) is 6.96. The number of piperazine rings is 1. The Hall–Kier alpha value is -1.06. The fourth-order valence-corrected chi connectivity index (χ4v) is 2.96. The first-order valence-corrected chi connectivity index (χ1v) is 6.84. The molecule has 4 heteroatoms. The first kappa shape index (κ1) is 13.4. The number of rotatable bonds is 1. The number of carbonyl (C=O) groups excluding carboxylic acids is 2. The quantitative estimate of drug-likeness (QED) is 0.769. The average Bonchev–Trinajstić information content (AvgIpc) is 2.19. The van der Waals surface area contributed by atoms with Crippen LogP contribution < -0.4 is 5.32 Å². The zero-order valence-corrected chi connectivity index (χ0v) is 12.0. The summed E-state index contributed by atoms with van der Waals surface area (Å²) in [5.41, 5.74) is -0.236. The molecule has 0 aromatic heterocycles.